The first kappa shape index (κ1) is 20.4. The number of carbonyl (C=O) groups excluding carboxylic acids is 2. The van der Waals surface area contributed by atoms with E-state index in [0.29, 0.717) is 23.6 Å². The molecule has 144 valence electrons. The third-order valence-electron chi connectivity index (χ3n) is 3.36. The van der Waals surface area contributed by atoms with Crippen LogP contribution in [0.1, 0.15) is 23.7 Å². The monoisotopic (exact) mass is 392 g/mol. The minimum atomic E-state index is -3.80. The zero-order chi connectivity index (χ0) is 19.9. The van der Waals surface area contributed by atoms with Gasteiger partial charge in [-0.15, -0.1) is 0 Å². The molecule has 0 saturated carbocycles. The van der Waals surface area contributed by atoms with E-state index in [9.17, 15) is 18.0 Å². The minimum Gasteiger partial charge on any atom is -0.494 e. The van der Waals surface area contributed by atoms with Gasteiger partial charge < -0.3 is 14.8 Å². The predicted octanol–water partition coefficient (Wildman–Crippen LogP) is 1.92. The number of primary sulfonamides is 1. The van der Waals surface area contributed by atoms with Crippen LogP contribution in [0, 0.1) is 0 Å². The summed E-state index contributed by atoms with van der Waals surface area (Å²) in [6, 6.07) is 11.7. The third-order valence-corrected chi connectivity index (χ3v) is 4.29. The Labute approximate surface area is 157 Å². The van der Waals surface area contributed by atoms with Crippen molar-refractivity contribution < 1.29 is 27.5 Å². The Morgan fingerprint density at radius 1 is 1.04 bits per heavy atom. The Hall–Kier alpha value is -2.91. The molecule has 2 aromatic rings. The molecule has 0 aliphatic rings. The van der Waals surface area contributed by atoms with E-state index >= 15 is 0 Å². The summed E-state index contributed by atoms with van der Waals surface area (Å²) in [6.07, 6.45) is 0.879. The van der Waals surface area contributed by atoms with Crippen molar-refractivity contribution in [3.63, 3.8) is 0 Å². The first-order valence-electron chi connectivity index (χ1n) is 8.12. The normalized spacial score (nSPS) is 10.9. The molecule has 0 unspecified atom stereocenters. The number of ether oxygens (including phenoxy) is 2. The second-order valence-corrected chi connectivity index (χ2v) is 7.13. The Morgan fingerprint density at radius 3 is 2.22 bits per heavy atom. The zero-order valence-corrected chi connectivity index (χ0v) is 15.5. The topological polar surface area (TPSA) is 125 Å². The number of sulfonamides is 1. The lowest BCUT2D eigenvalue weighted by Gasteiger charge is -2.08. The first-order chi connectivity index (χ1) is 12.8. The standard InChI is InChI=1S/C18H20N2O6S/c1-2-11-25-15-7-3-13(4-8-15)18(22)26-12-17(21)20-14-5-9-16(10-6-14)27(19,23)24/h3-10H,2,11-12H2,1H3,(H,20,21)(H2,19,23,24). The quantitative estimate of drug-likeness (QED) is 0.661. The summed E-state index contributed by atoms with van der Waals surface area (Å²) in [7, 11) is -3.80. The molecule has 1 amide bonds. The van der Waals surface area contributed by atoms with Crippen molar-refractivity contribution in [2.24, 2.45) is 5.14 Å². The van der Waals surface area contributed by atoms with Crippen LogP contribution in [0.2, 0.25) is 0 Å². The fraction of sp³-hybridized carbons (Fsp3) is 0.222. The van der Waals surface area contributed by atoms with Crippen molar-refractivity contribution in [2.75, 3.05) is 18.5 Å². The molecule has 0 aromatic heterocycles. The number of esters is 1. The van der Waals surface area contributed by atoms with E-state index in [1.54, 1.807) is 24.3 Å². The second kappa shape index (κ2) is 9.15. The SMILES string of the molecule is CCCOc1ccc(C(=O)OCC(=O)Nc2ccc(S(N)(=O)=O)cc2)cc1. The van der Waals surface area contributed by atoms with Crippen LogP contribution >= 0.6 is 0 Å². The van der Waals surface area contributed by atoms with E-state index in [0.717, 1.165) is 6.42 Å². The summed E-state index contributed by atoms with van der Waals surface area (Å²) in [6.45, 7) is 2.09. The molecule has 0 bridgehead atoms. The van der Waals surface area contributed by atoms with Gasteiger partial charge in [0.15, 0.2) is 6.61 Å². The van der Waals surface area contributed by atoms with Gasteiger partial charge in [-0.3, -0.25) is 4.79 Å². The van der Waals surface area contributed by atoms with Crippen LogP contribution in [0.15, 0.2) is 53.4 Å². The van der Waals surface area contributed by atoms with Crippen LogP contribution in [0.5, 0.6) is 5.75 Å². The smallest absolute Gasteiger partial charge is 0.338 e. The highest BCUT2D eigenvalue weighted by atomic mass is 32.2. The van der Waals surface area contributed by atoms with Crippen LogP contribution in [-0.4, -0.2) is 33.5 Å². The van der Waals surface area contributed by atoms with Gasteiger partial charge in [-0.05, 0) is 55.0 Å². The van der Waals surface area contributed by atoms with Crippen molar-refractivity contribution in [2.45, 2.75) is 18.2 Å². The molecule has 9 heteroatoms. The lowest BCUT2D eigenvalue weighted by molar-refractivity contribution is -0.119. The van der Waals surface area contributed by atoms with E-state index in [1.165, 1.54) is 24.3 Å². The molecule has 3 N–H and O–H groups in total. The van der Waals surface area contributed by atoms with Gasteiger partial charge in [-0.25, -0.2) is 18.4 Å². The van der Waals surface area contributed by atoms with Crippen LogP contribution < -0.4 is 15.2 Å². The number of anilines is 1. The summed E-state index contributed by atoms with van der Waals surface area (Å²) >= 11 is 0. The van der Waals surface area contributed by atoms with Gasteiger partial charge in [-0.1, -0.05) is 6.92 Å². The predicted molar refractivity (Wildman–Crippen MR) is 99.0 cm³/mol. The Kier molecular flexibility index (Phi) is 6.91. The van der Waals surface area contributed by atoms with Crippen molar-refractivity contribution in [3.05, 3.63) is 54.1 Å². The number of amides is 1. The van der Waals surface area contributed by atoms with Gasteiger partial charge >= 0.3 is 5.97 Å². The van der Waals surface area contributed by atoms with Gasteiger partial charge in [0.25, 0.3) is 5.91 Å². The largest absolute Gasteiger partial charge is 0.494 e. The van der Waals surface area contributed by atoms with E-state index in [4.69, 9.17) is 14.6 Å². The fourth-order valence-corrected chi connectivity index (χ4v) is 2.56. The molecule has 8 nitrogen and oxygen atoms in total. The number of hydrogen-bond donors (Lipinski definition) is 2. The maximum atomic E-state index is 12.0. The third kappa shape index (κ3) is 6.39. The molecule has 27 heavy (non-hydrogen) atoms. The van der Waals surface area contributed by atoms with Crippen molar-refractivity contribution in [1.29, 1.82) is 0 Å². The van der Waals surface area contributed by atoms with E-state index < -0.39 is 28.5 Å². The summed E-state index contributed by atoms with van der Waals surface area (Å²) in [5, 5.41) is 7.48. The Bertz CT molecular complexity index is 892. The van der Waals surface area contributed by atoms with Crippen molar-refractivity contribution >= 4 is 27.6 Å². The Morgan fingerprint density at radius 2 is 1.67 bits per heavy atom. The van der Waals surface area contributed by atoms with Crippen LogP contribution in [0.3, 0.4) is 0 Å². The zero-order valence-electron chi connectivity index (χ0n) is 14.7. The minimum absolute atomic E-state index is 0.0710. The highest BCUT2D eigenvalue weighted by molar-refractivity contribution is 7.89. The molecule has 0 aliphatic carbocycles. The summed E-state index contributed by atoms with van der Waals surface area (Å²) in [4.78, 5) is 23.7. The van der Waals surface area contributed by atoms with Gasteiger partial charge in [0, 0.05) is 5.69 Å². The average molecular weight is 392 g/mol. The maximum absolute atomic E-state index is 12.0. The van der Waals surface area contributed by atoms with Gasteiger partial charge in [0.1, 0.15) is 5.75 Å². The molecule has 0 aliphatic heterocycles. The fourth-order valence-electron chi connectivity index (χ4n) is 2.05. The average Bonchev–Trinajstić information content (AvgIpc) is 2.64. The highest BCUT2D eigenvalue weighted by Gasteiger charge is 2.12. The molecule has 0 radical (unpaired) electrons. The Balaban J connectivity index is 1.85. The van der Waals surface area contributed by atoms with Gasteiger partial charge in [0.2, 0.25) is 10.0 Å². The summed E-state index contributed by atoms with van der Waals surface area (Å²) in [5.41, 5.74) is 0.644. The summed E-state index contributed by atoms with van der Waals surface area (Å²) < 4.78 is 32.7. The summed E-state index contributed by atoms with van der Waals surface area (Å²) in [5.74, 6) is -0.555. The number of carbonyl (C=O) groups is 2. The molecule has 2 aromatic carbocycles. The lowest BCUT2D eigenvalue weighted by atomic mass is 10.2. The first-order valence-corrected chi connectivity index (χ1v) is 9.67. The molecule has 0 spiro atoms. The van der Waals surface area contributed by atoms with Crippen LogP contribution in [0.4, 0.5) is 5.69 Å². The van der Waals surface area contributed by atoms with Gasteiger partial charge in [-0.2, -0.15) is 0 Å². The van der Waals surface area contributed by atoms with Gasteiger partial charge in [0.05, 0.1) is 17.1 Å². The molecular formula is C18H20N2O6S. The molecule has 0 fully saturated rings. The van der Waals surface area contributed by atoms with Crippen LogP contribution in [-0.2, 0) is 19.6 Å². The molecule has 2 rings (SSSR count). The maximum Gasteiger partial charge on any atom is 0.338 e. The number of hydrogen-bond acceptors (Lipinski definition) is 6. The van der Waals surface area contributed by atoms with Crippen LogP contribution in [0.25, 0.3) is 0 Å². The number of nitrogens with one attached hydrogen (secondary N) is 1. The lowest BCUT2D eigenvalue weighted by Crippen LogP contribution is -2.21. The van der Waals surface area contributed by atoms with E-state index in [-0.39, 0.29) is 4.90 Å². The van der Waals surface area contributed by atoms with Crippen molar-refractivity contribution in [3.8, 4) is 5.75 Å². The van der Waals surface area contributed by atoms with Crippen molar-refractivity contribution in [1.82, 2.24) is 0 Å². The molecule has 0 atom stereocenters. The molecule has 0 saturated heterocycles. The molecule has 0 heterocycles. The second-order valence-electron chi connectivity index (χ2n) is 5.57. The number of rotatable bonds is 8. The number of benzene rings is 2. The molecular weight excluding hydrogens is 372 g/mol. The number of nitrogens with two attached hydrogens (primary N) is 1. The highest BCUT2D eigenvalue weighted by Crippen LogP contribution is 2.14. The van der Waals surface area contributed by atoms with E-state index in [1.807, 2.05) is 6.92 Å². The van der Waals surface area contributed by atoms with E-state index in [2.05, 4.69) is 5.32 Å².